The number of anilines is 1. The van der Waals surface area contributed by atoms with Crippen molar-refractivity contribution in [1.82, 2.24) is 9.71 Å². The quantitative estimate of drug-likeness (QED) is 0.545. The fourth-order valence-corrected chi connectivity index (χ4v) is 5.59. The van der Waals surface area contributed by atoms with E-state index >= 15 is 0 Å². The summed E-state index contributed by atoms with van der Waals surface area (Å²) in [5.41, 5.74) is 0.930. The predicted octanol–water partition coefficient (Wildman–Crippen LogP) is 2.31. The Balaban J connectivity index is 1.23. The first kappa shape index (κ1) is 22.5. The molecule has 1 aromatic heterocycles. The van der Waals surface area contributed by atoms with Crippen molar-refractivity contribution < 1.29 is 32.2 Å². The second kappa shape index (κ2) is 9.18. The van der Waals surface area contributed by atoms with Gasteiger partial charge in [0.05, 0.1) is 31.9 Å². The maximum atomic E-state index is 13.1. The molecule has 0 radical (unpaired) electrons. The molecule has 0 spiro atoms. The minimum atomic E-state index is -3.90. The van der Waals surface area contributed by atoms with Crippen LogP contribution in [0.2, 0.25) is 0 Å². The number of benzene rings is 2. The van der Waals surface area contributed by atoms with Gasteiger partial charge in [0.15, 0.2) is 6.10 Å². The standard InChI is InChI=1S/C23H23N3O7S/c1-30-16-9-7-15(8-10-16)25-23(27)33-18-13-32-21-17(12-31-22(18)21)26-34(28,29)19-6-2-4-14-5-3-11-24-20(14)19/h2-11,17-18,21-22,26H,12-13H2,1H3,(H,25,27). The number of hydrogen-bond donors (Lipinski definition) is 2. The number of nitrogens with zero attached hydrogens (tertiary/aromatic N) is 1. The minimum Gasteiger partial charge on any atom is -0.497 e. The molecule has 2 fully saturated rings. The summed E-state index contributed by atoms with van der Waals surface area (Å²) in [7, 11) is -2.34. The van der Waals surface area contributed by atoms with Crippen molar-refractivity contribution in [3.05, 3.63) is 60.8 Å². The van der Waals surface area contributed by atoms with Crippen molar-refractivity contribution in [3.63, 3.8) is 0 Å². The van der Waals surface area contributed by atoms with Crippen LogP contribution >= 0.6 is 0 Å². The van der Waals surface area contributed by atoms with Gasteiger partial charge in [0.2, 0.25) is 10.0 Å². The maximum absolute atomic E-state index is 13.1. The number of para-hydroxylation sites is 1. The zero-order valence-corrected chi connectivity index (χ0v) is 19.0. The van der Waals surface area contributed by atoms with Gasteiger partial charge >= 0.3 is 6.09 Å². The molecular weight excluding hydrogens is 462 g/mol. The summed E-state index contributed by atoms with van der Waals surface area (Å²) in [5, 5.41) is 3.36. The fourth-order valence-electron chi connectivity index (χ4n) is 4.18. The summed E-state index contributed by atoms with van der Waals surface area (Å²) in [6.45, 7) is 0.187. The maximum Gasteiger partial charge on any atom is 0.412 e. The van der Waals surface area contributed by atoms with E-state index in [2.05, 4.69) is 15.0 Å². The molecule has 34 heavy (non-hydrogen) atoms. The molecule has 1 amide bonds. The smallest absolute Gasteiger partial charge is 0.412 e. The van der Waals surface area contributed by atoms with Crippen LogP contribution in [0.15, 0.2) is 65.7 Å². The first-order chi connectivity index (χ1) is 16.4. The molecule has 2 N–H and O–H groups in total. The van der Waals surface area contributed by atoms with E-state index in [0.717, 1.165) is 5.39 Å². The molecule has 3 heterocycles. The summed E-state index contributed by atoms with van der Waals surface area (Å²) in [6, 6.07) is 14.7. The van der Waals surface area contributed by atoms with Gasteiger partial charge in [-0.2, -0.15) is 0 Å². The van der Waals surface area contributed by atoms with Gasteiger partial charge in [0, 0.05) is 17.3 Å². The number of carbonyl (C=O) groups excluding carboxylic acids is 1. The van der Waals surface area contributed by atoms with Crippen molar-refractivity contribution >= 4 is 32.7 Å². The SMILES string of the molecule is COc1ccc(NC(=O)OC2COC3C(NS(=O)(=O)c4cccc5cccnc45)COC23)cc1. The number of aromatic nitrogens is 1. The Hall–Kier alpha value is -3.25. The minimum absolute atomic E-state index is 0.0821. The Morgan fingerprint density at radius 2 is 1.79 bits per heavy atom. The first-order valence-corrected chi connectivity index (χ1v) is 12.1. The molecule has 0 bridgehead atoms. The summed E-state index contributed by atoms with van der Waals surface area (Å²) in [5.74, 6) is 0.665. The third kappa shape index (κ3) is 4.42. The average molecular weight is 486 g/mol. The summed E-state index contributed by atoms with van der Waals surface area (Å²) in [4.78, 5) is 16.6. The molecule has 5 rings (SSSR count). The first-order valence-electron chi connectivity index (χ1n) is 10.7. The lowest BCUT2D eigenvalue weighted by molar-refractivity contribution is 0.00883. The highest BCUT2D eigenvalue weighted by Crippen LogP contribution is 2.31. The van der Waals surface area contributed by atoms with E-state index in [1.165, 1.54) is 6.07 Å². The fraction of sp³-hybridized carbons (Fsp3) is 0.304. The van der Waals surface area contributed by atoms with Gasteiger partial charge in [-0.25, -0.2) is 17.9 Å². The van der Waals surface area contributed by atoms with Crippen LogP contribution < -0.4 is 14.8 Å². The molecule has 4 atom stereocenters. The van der Waals surface area contributed by atoms with E-state index in [1.807, 2.05) is 0 Å². The number of ether oxygens (including phenoxy) is 4. The van der Waals surface area contributed by atoms with Crippen molar-refractivity contribution in [3.8, 4) is 5.75 Å². The van der Waals surface area contributed by atoms with Crippen LogP contribution in [-0.4, -0.2) is 64.2 Å². The Labute approximate surface area is 196 Å². The van der Waals surface area contributed by atoms with Crippen LogP contribution in [-0.2, 0) is 24.2 Å². The lowest BCUT2D eigenvalue weighted by Crippen LogP contribution is -2.44. The molecule has 2 aliphatic rings. The van der Waals surface area contributed by atoms with E-state index < -0.39 is 40.5 Å². The molecule has 0 saturated carbocycles. The molecular formula is C23H23N3O7S. The Morgan fingerprint density at radius 3 is 2.59 bits per heavy atom. The Bertz CT molecular complexity index is 1290. The second-order valence-electron chi connectivity index (χ2n) is 7.95. The largest absolute Gasteiger partial charge is 0.497 e. The molecule has 3 aromatic rings. The molecule has 2 saturated heterocycles. The Kier molecular flexibility index (Phi) is 6.09. The normalized spacial score (nSPS) is 24.0. The van der Waals surface area contributed by atoms with Gasteiger partial charge in [0.25, 0.3) is 0 Å². The highest BCUT2D eigenvalue weighted by Gasteiger charge is 2.50. The summed E-state index contributed by atoms with van der Waals surface area (Å²) in [6.07, 6.45) is -0.947. The van der Waals surface area contributed by atoms with Gasteiger partial charge in [-0.05, 0) is 36.4 Å². The lowest BCUT2D eigenvalue weighted by atomic mass is 10.1. The van der Waals surface area contributed by atoms with Crippen LogP contribution in [0, 0.1) is 0 Å². The third-order valence-corrected chi connectivity index (χ3v) is 7.32. The van der Waals surface area contributed by atoms with Crippen LogP contribution in [0.4, 0.5) is 10.5 Å². The summed E-state index contributed by atoms with van der Waals surface area (Å²) < 4.78 is 51.0. The number of methoxy groups -OCH3 is 1. The van der Waals surface area contributed by atoms with Crippen molar-refractivity contribution in [2.75, 3.05) is 25.6 Å². The summed E-state index contributed by atoms with van der Waals surface area (Å²) >= 11 is 0. The molecule has 2 aromatic carbocycles. The van der Waals surface area contributed by atoms with Crippen LogP contribution in [0.3, 0.4) is 0 Å². The number of sulfonamides is 1. The predicted molar refractivity (Wildman–Crippen MR) is 122 cm³/mol. The second-order valence-corrected chi connectivity index (χ2v) is 9.63. The average Bonchev–Trinajstić information content (AvgIpc) is 3.42. The topological polar surface area (TPSA) is 125 Å². The van der Waals surface area contributed by atoms with Crippen LogP contribution in [0.5, 0.6) is 5.75 Å². The number of carbonyl (C=O) groups is 1. The van der Waals surface area contributed by atoms with Crippen LogP contribution in [0.25, 0.3) is 10.9 Å². The Morgan fingerprint density at radius 1 is 1.03 bits per heavy atom. The van der Waals surface area contributed by atoms with Crippen molar-refractivity contribution in [2.45, 2.75) is 29.2 Å². The highest BCUT2D eigenvalue weighted by molar-refractivity contribution is 7.89. The van der Waals surface area contributed by atoms with Crippen molar-refractivity contribution in [2.24, 2.45) is 0 Å². The number of amides is 1. The van der Waals surface area contributed by atoms with Crippen molar-refractivity contribution in [1.29, 1.82) is 0 Å². The van der Waals surface area contributed by atoms with E-state index in [4.69, 9.17) is 18.9 Å². The van der Waals surface area contributed by atoms with E-state index in [0.29, 0.717) is 17.0 Å². The number of rotatable bonds is 6. The van der Waals surface area contributed by atoms with Gasteiger partial charge in [-0.3, -0.25) is 10.3 Å². The van der Waals surface area contributed by atoms with E-state index in [-0.39, 0.29) is 18.1 Å². The monoisotopic (exact) mass is 485 g/mol. The third-order valence-electron chi connectivity index (χ3n) is 5.79. The number of hydrogen-bond acceptors (Lipinski definition) is 8. The highest BCUT2D eigenvalue weighted by atomic mass is 32.2. The molecule has 4 unspecified atom stereocenters. The molecule has 11 heteroatoms. The zero-order chi connectivity index (χ0) is 23.7. The number of nitrogens with one attached hydrogen (secondary N) is 2. The lowest BCUT2D eigenvalue weighted by Gasteiger charge is -2.18. The molecule has 2 aliphatic heterocycles. The zero-order valence-electron chi connectivity index (χ0n) is 18.2. The van der Waals surface area contributed by atoms with Crippen LogP contribution in [0.1, 0.15) is 0 Å². The molecule has 178 valence electrons. The molecule has 0 aliphatic carbocycles. The van der Waals surface area contributed by atoms with Gasteiger partial charge in [0.1, 0.15) is 22.9 Å². The van der Waals surface area contributed by atoms with Gasteiger partial charge in [-0.1, -0.05) is 18.2 Å². The van der Waals surface area contributed by atoms with Gasteiger partial charge in [-0.15, -0.1) is 0 Å². The van der Waals surface area contributed by atoms with E-state index in [1.54, 1.807) is 61.8 Å². The number of pyridine rings is 1. The van der Waals surface area contributed by atoms with E-state index in [9.17, 15) is 13.2 Å². The van der Waals surface area contributed by atoms with Gasteiger partial charge < -0.3 is 18.9 Å². The molecule has 10 nitrogen and oxygen atoms in total. The number of fused-ring (bicyclic) bond motifs is 2.